The minimum Gasteiger partial charge on any atom is -0.330 e. The average Bonchev–Trinajstić information content (AvgIpc) is 3.24. The molecule has 0 radical (unpaired) electrons. The van der Waals surface area contributed by atoms with Crippen LogP contribution in [0, 0.1) is 64.1 Å². The first-order valence-corrected chi connectivity index (χ1v) is 10.3. The molecule has 4 bridgehead atoms. The molecule has 1 spiro atoms. The molecule has 22 heavy (non-hydrogen) atoms. The van der Waals surface area contributed by atoms with E-state index in [0.717, 1.165) is 58.8 Å². The second kappa shape index (κ2) is 3.79. The standard InChI is InChI=1S/C21H33N/c1-11-10-20(2)15-9-13(6-8-22)16(15)17-18-19(20)21(17,18)7-5-12-3-4-14(11)12/h11-19H,3-10,22H2,1-2H3/t11-,12?,13?,14?,15+,16?,17-,18?,19-,20-,21?/m1/s1. The molecule has 1 nitrogen and oxygen atoms in total. The Bertz CT molecular complexity index is 528. The molecule has 0 aromatic heterocycles. The molecule has 2 N–H and O–H groups in total. The zero-order chi connectivity index (χ0) is 14.9. The van der Waals surface area contributed by atoms with Crippen molar-refractivity contribution in [1.82, 2.24) is 0 Å². The summed E-state index contributed by atoms with van der Waals surface area (Å²) in [6, 6.07) is 0. The Hall–Kier alpha value is -0.0400. The van der Waals surface area contributed by atoms with Gasteiger partial charge >= 0.3 is 0 Å². The van der Waals surface area contributed by atoms with Gasteiger partial charge in [-0.15, -0.1) is 0 Å². The fraction of sp³-hybridized carbons (Fsp3) is 1.00. The molecule has 7 aliphatic rings. The molecule has 0 aromatic rings. The molecule has 0 amide bonds. The Morgan fingerprint density at radius 1 is 1.14 bits per heavy atom. The van der Waals surface area contributed by atoms with E-state index in [1.165, 1.54) is 24.7 Å². The van der Waals surface area contributed by atoms with Crippen molar-refractivity contribution in [3.05, 3.63) is 0 Å². The van der Waals surface area contributed by atoms with Gasteiger partial charge in [-0.05, 0) is 116 Å². The number of rotatable bonds is 2. The van der Waals surface area contributed by atoms with Crippen LogP contribution in [0.2, 0.25) is 0 Å². The predicted molar refractivity (Wildman–Crippen MR) is 89.0 cm³/mol. The first-order valence-electron chi connectivity index (χ1n) is 10.3. The van der Waals surface area contributed by atoms with E-state index < -0.39 is 0 Å². The molecule has 0 saturated heterocycles. The van der Waals surface area contributed by atoms with Gasteiger partial charge in [0.15, 0.2) is 0 Å². The Labute approximate surface area is 135 Å². The van der Waals surface area contributed by atoms with E-state index in [4.69, 9.17) is 5.73 Å². The lowest BCUT2D eigenvalue weighted by atomic mass is 9.41. The molecule has 11 atom stereocenters. The molecule has 0 aromatic carbocycles. The lowest BCUT2D eigenvalue weighted by molar-refractivity contribution is -0.152. The largest absolute Gasteiger partial charge is 0.330 e. The quantitative estimate of drug-likeness (QED) is 0.807. The average molecular weight is 300 g/mol. The fourth-order valence-electron chi connectivity index (χ4n) is 9.46. The summed E-state index contributed by atoms with van der Waals surface area (Å²) in [6.45, 7) is 6.29. The fourth-order valence-corrected chi connectivity index (χ4v) is 9.46. The van der Waals surface area contributed by atoms with Crippen LogP contribution in [0.4, 0.5) is 0 Å². The highest BCUT2D eigenvalue weighted by Crippen LogP contribution is 2.98. The summed E-state index contributed by atoms with van der Waals surface area (Å²) in [4.78, 5) is 0. The summed E-state index contributed by atoms with van der Waals surface area (Å²) in [7, 11) is 0. The minimum absolute atomic E-state index is 0.721. The van der Waals surface area contributed by atoms with E-state index >= 15 is 0 Å². The Balaban J connectivity index is 1.36. The van der Waals surface area contributed by atoms with Crippen LogP contribution in [0.1, 0.15) is 58.8 Å². The molecule has 7 aliphatic carbocycles. The van der Waals surface area contributed by atoms with Crippen LogP contribution in [0.5, 0.6) is 0 Å². The highest BCUT2D eigenvalue weighted by Gasteiger charge is 2.94. The Morgan fingerprint density at radius 2 is 2.00 bits per heavy atom. The van der Waals surface area contributed by atoms with Crippen molar-refractivity contribution in [2.24, 2.45) is 69.8 Å². The number of hydrogen-bond acceptors (Lipinski definition) is 1. The first-order chi connectivity index (χ1) is 10.6. The lowest BCUT2D eigenvalue weighted by Gasteiger charge is -2.63. The van der Waals surface area contributed by atoms with Crippen molar-refractivity contribution in [3.8, 4) is 0 Å². The van der Waals surface area contributed by atoms with E-state index in [9.17, 15) is 0 Å². The summed E-state index contributed by atoms with van der Waals surface area (Å²) in [5.74, 6) is 9.94. The van der Waals surface area contributed by atoms with Crippen molar-refractivity contribution in [2.45, 2.75) is 58.8 Å². The zero-order valence-corrected chi connectivity index (χ0v) is 14.4. The van der Waals surface area contributed by atoms with E-state index in [1.54, 1.807) is 32.1 Å². The second-order valence-electron chi connectivity index (χ2n) is 10.6. The smallest absolute Gasteiger partial charge is 0.00745 e. The lowest BCUT2D eigenvalue weighted by Crippen LogP contribution is -2.58. The van der Waals surface area contributed by atoms with Gasteiger partial charge in [0.05, 0.1) is 0 Å². The van der Waals surface area contributed by atoms with Gasteiger partial charge in [-0.3, -0.25) is 0 Å². The van der Waals surface area contributed by atoms with Crippen LogP contribution in [0.3, 0.4) is 0 Å². The van der Waals surface area contributed by atoms with Crippen molar-refractivity contribution >= 4 is 0 Å². The van der Waals surface area contributed by atoms with Crippen molar-refractivity contribution in [1.29, 1.82) is 0 Å². The summed E-state index contributed by atoms with van der Waals surface area (Å²) in [5.41, 5.74) is 7.52. The highest BCUT2D eigenvalue weighted by molar-refractivity contribution is 5.41. The first kappa shape index (κ1) is 13.3. The predicted octanol–water partition coefficient (Wildman–Crippen LogP) is 4.32. The van der Waals surface area contributed by atoms with Gasteiger partial charge < -0.3 is 5.73 Å². The molecule has 7 saturated carbocycles. The molecule has 122 valence electrons. The second-order valence-corrected chi connectivity index (χ2v) is 10.6. The maximum atomic E-state index is 5.92. The molecule has 1 heteroatoms. The topological polar surface area (TPSA) is 26.0 Å². The van der Waals surface area contributed by atoms with Gasteiger partial charge in [-0.1, -0.05) is 13.8 Å². The van der Waals surface area contributed by atoms with E-state index in [-0.39, 0.29) is 0 Å². The molecular formula is C21H33N. The molecule has 7 fully saturated rings. The third kappa shape index (κ3) is 1.21. The summed E-state index contributed by atoms with van der Waals surface area (Å²) in [5, 5.41) is 0. The minimum atomic E-state index is 0.721. The van der Waals surface area contributed by atoms with Gasteiger partial charge in [0.25, 0.3) is 0 Å². The number of nitrogens with two attached hydrogens (primary N) is 1. The summed E-state index contributed by atoms with van der Waals surface area (Å²) in [6.07, 6.45) is 10.8. The summed E-state index contributed by atoms with van der Waals surface area (Å²) < 4.78 is 0. The van der Waals surface area contributed by atoms with Gasteiger partial charge in [-0.2, -0.15) is 0 Å². The van der Waals surface area contributed by atoms with Gasteiger partial charge in [0.1, 0.15) is 0 Å². The van der Waals surface area contributed by atoms with Crippen LogP contribution < -0.4 is 5.73 Å². The molecule has 0 aliphatic heterocycles. The van der Waals surface area contributed by atoms with Crippen LogP contribution in [-0.2, 0) is 0 Å². The molecule has 7 rings (SSSR count). The normalized spacial score (nSPS) is 69.7. The Kier molecular flexibility index (Phi) is 2.28. The monoisotopic (exact) mass is 299 g/mol. The number of hydrogen-bond donors (Lipinski definition) is 1. The van der Waals surface area contributed by atoms with Crippen molar-refractivity contribution in [3.63, 3.8) is 0 Å². The van der Waals surface area contributed by atoms with Gasteiger partial charge in [-0.25, -0.2) is 0 Å². The van der Waals surface area contributed by atoms with Gasteiger partial charge in [0, 0.05) is 0 Å². The van der Waals surface area contributed by atoms with E-state index in [1.807, 2.05) is 0 Å². The van der Waals surface area contributed by atoms with Crippen LogP contribution in [-0.4, -0.2) is 6.54 Å². The number of fused-ring (bicyclic) bond motifs is 1. The van der Waals surface area contributed by atoms with Crippen molar-refractivity contribution < 1.29 is 0 Å². The molecule has 6 unspecified atom stereocenters. The van der Waals surface area contributed by atoms with Crippen LogP contribution in [0.15, 0.2) is 0 Å². The van der Waals surface area contributed by atoms with Crippen LogP contribution >= 0.6 is 0 Å². The SMILES string of the molecule is C[C@@H]1C[C@]2(C)[C@H]3CC(CCN)C3[C@@H]3C4[C@H]2C43CCC2CCC21. The zero-order valence-electron chi connectivity index (χ0n) is 14.4. The van der Waals surface area contributed by atoms with Gasteiger partial charge in [0.2, 0.25) is 0 Å². The molecular weight excluding hydrogens is 266 g/mol. The van der Waals surface area contributed by atoms with Crippen molar-refractivity contribution in [2.75, 3.05) is 6.54 Å². The van der Waals surface area contributed by atoms with E-state index in [0.29, 0.717) is 0 Å². The van der Waals surface area contributed by atoms with E-state index in [2.05, 4.69) is 13.8 Å². The molecule has 0 heterocycles. The summed E-state index contributed by atoms with van der Waals surface area (Å²) >= 11 is 0. The van der Waals surface area contributed by atoms with Crippen LogP contribution in [0.25, 0.3) is 0 Å². The third-order valence-corrected chi connectivity index (χ3v) is 10.3. The maximum absolute atomic E-state index is 5.92. The Morgan fingerprint density at radius 3 is 2.73 bits per heavy atom. The third-order valence-electron chi connectivity index (χ3n) is 10.3. The maximum Gasteiger partial charge on any atom is -0.00745 e. The highest BCUT2D eigenvalue weighted by atomic mass is 15.0.